The fourth-order valence-corrected chi connectivity index (χ4v) is 12.9. The van der Waals surface area contributed by atoms with Crippen molar-refractivity contribution in [1.82, 2.24) is 24.9 Å². The van der Waals surface area contributed by atoms with Gasteiger partial charge in [-0.1, -0.05) is 129 Å². The van der Waals surface area contributed by atoms with Crippen LogP contribution in [0.25, 0.3) is 59.4 Å². The van der Waals surface area contributed by atoms with Crippen LogP contribution in [0.1, 0.15) is 151 Å². The summed E-state index contributed by atoms with van der Waals surface area (Å²) in [5.41, 5.74) is 11.3. The molecular formula is C63H77N6O3PRuS3. The molecule has 0 saturated carbocycles. The molecule has 1 unspecified atom stereocenters. The molecule has 0 amide bonds. The summed E-state index contributed by atoms with van der Waals surface area (Å²) < 4.78 is 4.27. The van der Waals surface area contributed by atoms with Crippen molar-refractivity contribution in [2.45, 2.75) is 150 Å². The van der Waals surface area contributed by atoms with Crippen LogP contribution in [-0.2, 0) is 49.8 Å². The number of aliphatic imine (C=N–C) groups is 1. The van der Waals surface area contributed by atoms with E-state index in [-0.39, 0.29) is 33.8 Å². The van der Waals surface area contributed by atoms with E-state index in [0.29, 0.717) is 0 Å². The SMILES string of the molecule is CCC.CCCCCCCCc1c(-c2cccs2)sc(-c2ccc(CCc3cc(C4=CCCC=N4)nc(-c4ccccn4)c3)s2)c1CCCCCCCC.O.OOPc1cc(-c2ccccn2)nc(-c2ccccn2)c1.[Ru]. The summed E-state index contributed by atoms with van der Waals surface area (Å²) in [6, 6.07) is 34.9. The van der Waals surface area contributed by atoms with Crippen LogP contribution in [0.15, 0.2) is 138 Å². The molecular weight excluding hydrogens is 1120 g/mol. The first-order valence-corrected chi connectivity index (χ1v) is 30.8. The van der Waals surface area contributed by atoms with Gasteiger partial charge in [-0.15, -0.1) is 34.0 Å². The van der Waals surface area contributed by atoms with Crippen molar-refractivity contribution in [3.8, 4) is 53.7 Å². The summed E-state index contributed by atoms with van der Waals surface area (Å²) in [6.45, 7) is 8.87. The first-order chi connectivity index (χ1) is 37.0. The van der Waals surface area contributed by atoms with Gasteiger partial charge in [-0.25, -0.2) is 19.9 Å². The smallest absolute Gasteiger partial charge is 0.0901 e. The molecule has 0 aromatic carbocycles. The normalized spacial score (nSPS) is 11.8. The molecule has 3 N–H and O–H groups in total. The zero-order valence-corrected chi connectivity index (χ0v) is 50.5. The minimum absolute atomic E-state index is 0. The number of allylic oxidation sites excluding steroid dienone is 1. The second-order valence-electron chi connectivity index (χ2n) is 18.9. The standard InChI is InChI=1S/C45H55N3S3.C15H12N3O2P.C3H8.H2O.Ru/c1-3-5-7-9-11-13-20-36-37(21-14-12-10-8-6-4-2)45(51-44(36)42-24-19-31-49-42)43-28-27-35(50-43)26-25-34-32-40(38-22-15-17-29-46-38)48-41(33-34)39-23-16-18-30-47-39;19-20-21-11-9-14(12-5-1-3-7-16-12)18-15(10-11)13-6-2-4-8-17-13;1-3-2;;/h15,17,19,22-24,27-33H,3-14,16,18,20-21,25-26H2,1-2H3;1-10,19,21H;3H2,1-2H3;1H2;. The maximum absolute atomic E-state index is 8.70. The number of unbranched alkanes of at least 4 members (excludes halogenated alkanes) is 10. The second-order valence-corrected chi connectivity index (χ2v) is 23.0. The molecule has 0 radical (unpaired) electrons. The van der Waals surface area contributed by atoms with Gasteiger partial charge in [0.1, 0.15) is 0 Å². The number of pyridine rings is 5. The molecule has 0 spiro atoms. The number of nitrogens with zero attached hydrogens (tertiary/aromatic N) is 6. The van der Waals surface area contributed by atoms with Crippen molar-refractivity contribution in [1.29, 1.82) is 0 Å². The Hall–Kier alpha value is -4.81. The van der Waals surface area contributed by atoms with E-state index in [4.69, 9.17) is 15.2 Å². The van der Waals surface area contributed by atoms with Crippen molar-refractivity contribution in [3.05, 3.63) is 160 Å². The molecule has 77 heavy (non-hydrogen) atoms. The fraction of sp³-hybridized carbons (Fsp3) is 0.365. The molecule has 9 heterocycles. The third-order valence-corrected chi connectivity index (χ3v) is 17.0. The predicted octanol–water partition coefficient (Wildman–Crippen LogP) is 18.0. The van der Waals surface area contributed by atoms with Gasteiger partial charge in [0.2, 0.25) is 0 Å². The predicted molar refractivity (Wildman–Crippen MR) is 328 cm³/mol. The van der Waals surface area contributed by atoms with Crippen LogP contribution in [0.2, 0.25) is 0 Å². The summed E-state index contributed by atoms with van der Waals surface area (Å²) in [7, 11) is -0.170. The molecule has 0 saturated heterocycles. The average molecular weight is 1190 g/mol. The second kappa shape index (κ2) is 35.7. The van der Waals surface area contributed by atoms with E-state index < -0.39 is 0 Å². The first-order valence-electron chi connectivity index (χ1n) is 27.4. The van der Waals surface area contributed by atoms with E-state index in [1.165, 1.54) is 126 Å². The summed E-state index contributed by atoms with van der Waals surface area (Å²) in [6.07, 6.45) is 33.3. The average Bonchev–Trinajstić information content (AvgIpc) is 4.30. The van der Waals surface area contributed by atoms with Crippen LogP contribution in [-0.4, -0.2) is 41.9 Å². The summed E-state index contributed by atoms with van der Waals surface area (Å²) in [5, 5.41) is 11.8. The third kappa shape index (κ3) is 19.8. The zero-order chi connectivity index (χ0) is 52.3. The minimum atomic E-state index is -0.170. The van der Waals surface area contributed by atoms with E-state index in [9.17, 15) is 0 Å². The molecule has 408 valence electrons. The zero-order valence-electron chi connectivity index (χ0n) is 45.3. The molecule has 0 bridgehead atoms. The Morgan fingerprint density at radius 2 is 1.06 bits per heavy atom. The fourth-order valence-electron chi connectivity index (χ4n) is 9.02. The topological polar surface area (TPSA) is 138 Å². The Labute approximate surface area is 485 Å². The number of thiophene rings is 3. The quantitative estimate of drug-likeness (QED) is 0.0198. The molecule has 9 nitrogen and oxygen atoms in total. The maximum Gasteiger partial charge on any atom is 0.0901 e. The van der Waals surface area contributed by atoms with Gasteiger partial charge in [0.25, 0.3) is 0 Å². The Bertz CT molecular complexity index is 2890. The Kier molecular flexibility index (Phi) is 29.2. The van der Waals surface area contributed by atoms with Crippen molar-refractivity contribution in [2.75, 3.05) is 0 Å². The molecule has 1 aliphatic rings. The number of hydrogen-bond donors (Lipinski definition) is 1. The number of aromatic nitrogens is 5. The van der Waals surface area contributed by atoms with Crippen molar-refractivity contribution in [2.24, 2.45) is 4.99 Å². The largest absolute Gasteiger partial charge is 0.412 e. The van der Waals surface area contributed by atoms with Crippen LogP contribution in [0.3, 0.4) is 0 Å². The van der Waals surface area contributed by atoms with E-state index in [0.717, 1.165) is 76.5 Å². The van der Waals surface area contributed by atoms with Crippen LogP contribution >= 0.6 is 42.8 Å². The molecule has 0 aliphatic carbocycles. The summed E-state index contributed by atoms with van der Waals surface area (Å²) in [5.74, 6) is 0. The van der Waals surface area contributed by atoms with Gasteiger partial charge in [-0.3, -0.25) is 19.9 Å². The van der Waals surface area contributed by atoms with Crippen LogP contribution in [0.4, 0.5) is 0 Å². The number of rotatable bonds is 25. The van der Waals surface area contributed by atoms with Crippen LogP contribution < -0.4 is 5.30 Å². The van der Waals surface area contributed by atoms with Gasteiger partial charge >= 0.3 is 0 Å². The van der Waals surface area contributed by atoms with E-state index in [2.05, 4.69) is 118 Å². The molecule has 14 heteroatoms. The number of hydrogen-bond acceptors (Lipinski definition) is 11. The Morgan fingerprint density at radius 1 is 0.532 bits per heavy atom. The van der Waals surface area contributed by atoms with Crippen LogP contribution in [0.5, 0.6) is 0 Å². The minimum Gasteiger partial charge on any atom is -0.412 e. The third-order valence-electron chi connectivity index (χ3n) is 12.7. The van der Waals surface area contributed by atoms with Crippen molar-refractivity contribution < 1.29 is 34.9 Å². The van der Waals surface area contributed by atoms with Gasteiger partial charge in [-0.05, 0) is 152 Å². The first kappa shape index (κ1) is 63.0. The molecule has 0 fully saturated rings. The Balaban J connectivity index is 0.000000350. The van der Waals surface area contributed by atoms with Crippen LogP contribution in [0, 0.1) is 0 Å². The summed E-state index contributed by atoms with van der Waals surface area (Å²) >= 11 is 5.99. The Morgan fingerprint density at radius 3 is 1.57 bits per heavy atom. The molecule has 8 aromatic rings. The van der Waals surface area contributed by atoms with Crippen molar-refractivity contribution >= 4 is 60.0 Å². The van der Waals surface area contributed by atoms with Gasteiger partial charge in [0.15, 0.2) is 0 Å². The molecule has 1 aliphatic heterocycles. The van der Waals surface area contributed by atoms with Gasteiger partial charge in [0.05, 0.1) is 54.4 Å². The monoisotopic (exact) mass is 1190 g/mol. The van der Waals surface area contributed by atoms with E-state index in [1.807, 2.05) is 95.7 Å². The molecule has 8 aromatic heterocycles. The van der Waals surface area contributed by atoms with Gasteiger partial charge in [-0.2, -0.15) is 0 Å². The van der Waals surface area contributed by atoms with E-state index >= 15 is 0 Å². The summed E-state index contributed by atoms with van der Waals surface area (Å²) in [4.78, 5) is 35.0. The van der Waals surface area contributed by atoms with Gasteiger partial charge < -0.3 is 5.48 Å². The maximum atomic E-state index is 8.70. The molecule has 1 atom stereocenters. The number of aryl methyl sites for hydroxylation is 2. The van der Waals surface area contributed by atoms with E-state index in [1.54, 1.807) is 23.5 Å². The van der Waals surface area contributed by atoms with Crippen molar-refractivity contribution in [3.63, 3.8) is 0 Å². The molecule has 9 rings (SSSR count). The van der Waals surface area contributed by atoms with Gasteiger partial charge in [0, 0.05) is 74.0 Å².